The minimum atomic E-state index is -0.757. The molecule has 2 rings (SSSR count). The lowest BCUT2D eigenvalue weighted by molar-refractivity contribution is -0.152. The number of ether oxygens (including phenoxy) is 1. The molecular weight excluding hydrogens is 296 g/mol. The Morgan fingerprint density at radius 1 is 1.13 bits per heavy atom. The van der Waals surface area contributed by atoms with Crippen LogP contribution in [0.1, 0.15) is 30.6 Å². The van der Waals surface area contributed by atoms with Gasteiger partial charge in [0.25, 0.3) is 5.91 Å². The normalized spacial score (nSPS) is 17.7. The molecule has 0 bridgehead atoms. The van der Waals surface area contributed by atoms with Crippen molar-refractivity contribution in [1.82, 2.24) is 9.80 Å². The third-order valence-electron chi connectivity index (χ3n) is 3.88. The molecule has 2 amide bonds. The molecular formula is C17H22N2O4. The zero-order valence-corrected chi connectivity index (χ0v) is 13.5. The fourth-order valence-corrected chi connectivity index (χ4v) is 2.66. The third kappa shape index (κ3) is 3.88. The van der Waals surface area contributed by atoms with Crippen LogP contribution < -0.4 is 0 Å². The number of rotatable bonds is 4. The van der Waals surface area contributed by atoms with Gasteiger partial charge in [-0.05, 0) is 19.1 Å². The van der Waals surface area contributed by atoms with Crippen molar-refractivity contribution in [1.29, 1.82) is 0 Å². The Kier molecular flexibility index (Phi) is 5.73. The molecule has 1 atom stereocenters. The first-order chi connectivity index (χ1) is 11.1. The van der Waals surface area contributed by atoms with Crippen LogP contribution in [0.3, 0.4) is 0 Å². The highest BCUT2D eigenvalue weighted by Gasteiger charge is 2.37. The summed E-state index contributed by atoms with van der Waals surface area (Å²) in [5.41, 5.74) is 0.525. The van der Waals surface area contributed by atoms with E-state index in [2.05, 4.69) is 0 Å². The van der Waals surface area contributed by atoms with E-state index in [0.29, 0.717) is 25.1 Å². The predicted molar refractivity (Wildman–Crippen MR) is 84.8 cm³/mol. The maximum atomic E-state index is 12.7. The van der Waals surface area contributed by atoms with Gasteiger partial charge in [-0.1, -0.05) is 25.1 Å². The van der Waals surface area contributed by atoms with E-state index in [-0.39, 0.29) is 25.0 Å². The molecule has 1 fully saturated rings. The van der Waals surface area contributed by atoms with E-state index in [1.165, 1.54) is 4.90 Å². The highest BCUT2D eigenvalue weighted by Crippen LogP contribution is 2.16. The fourth-order valence-electron chi connectivity index (χ4n) is 2.66. The molecule has 1 saturated heterocycles. The first kappa shape index (κ1) is 17.0. The SMILES string of the molecule is CCOC(=O)C1CN(C(=O)CC)CCN1C(=O)c1ccccc1. The van der Waals surface area contributed by atoms with Crippen LogP contribution in [0.25, 0.3) is 0 Å². The zero-order chi connectivity index (χ0) is 16.8. The monoisotopic (exact) mass is 318 g/mol. The van der Waals surface area contributed by atoms with E-state index in [4.69, 9.17) is 4.74 Å². The van der Waals surface area contributed by atoms with Crippen molar-refractivity contribution < 1.29 is 19.1 Å². The highest BCUT2D eigenvalue weighted by atomic mass is 16.5. The molecule has 0 N–H and O–H groups in total. The Balaban J connectivity index is 2.21. The van der Waals surface area contributed by atoms with Gasteiger partial charge < -0.3 is 14.5 Å². The van der Waals surface area contributed by atoms with E-state index < -0.39 is 12.0 Å². The van der Waals surface area contributed by atoms with Crippen molar-refractivity contribution >= 4 is 17.8 Å². The first-order valence-corrected chi connectivity index (χ1v) is 7.88. The molecule has 0 saturated carbocycles. The molecule has 6 nitrogen and oxygen atoms in total. The van der Waals surface area contributed by atoms with Gasteiger partial charge in [0.1, 0.15) is 6.04 Å². The molecule has 1 unspecified atom stereocenters. The van der Waals surface area contributed by atoms with E-state index in [1.54, 1.807) is 43.0 Å². The van der Waals surface area contributed by atoms with Crippen LogP contribution in [-0.4, -0.2) is 59.9 Å². The molecule has 124 valence electrons. The lowest BCUT2D eigenvalue weighted by atomic mass is 10.1. The maximum absolute atomic E-state index is 12.7. The second kappa shape index (κ2) is 7.76. The molecule has 1 aromatic carbocycles. The van der Waals surface area contributed by atoms with Crippen LogP contribution >= 0.6 is 0 Å². The fraction of sp³-hybridized carbons (Fsp3) is 0.471. The van der Waals surface area contributed by atoms with Crippen molar-refractivity contribution in [3.05, 3.63) is 35.9 Å². The van der Waals surface area contributed by atoms with Crippen LogP contribution in [0.15, 0.2) is 30.3 Å². The minimum absolute atomic E-state index is 0.0221. The number of esters is 1. The molecule has 0 spiro atoms. The molecule has 1 heterocycles. The second-order valence-corrected chi connectivity index (χ2v) is 5.33. The number of amides is 2. The summed E-state index contributed by atoms with van der Waals surface area (Å²) in [6.07, 6.45) is 0.377. The Hall–Kier alpha value is -2.37. The average Bonchev–Trinajstić information content (AvgIpc) is 2.60. The summed E-state index contributed by atoms with van der Waals surface area (Å²) in [6, 6.07) is 8.07. The van der Waals surface area contributed by atoms with Crippen molar-refractivity contribution in [2.45, 2.75) is 26.3 Å². The minimum Gasteiger partial charge on any atom is -0.464 e. The smallest absolute Gasteiger partial charge is 0.330 e. The number of piperazine rings is 1. The summed E-state index contributed by atoms with van der Waals surface area (Å²) in [5, 5.41) is 0. The predicted octanol–water partition coefficient (Wildman–Crippen LogP) is 1.31. The van der Waals surface area contributed by atoms with Crippen molar-refractivity contribution in [3.63, 3.8) is 0 Å². The molecule has 23 heavy (non-hydrogen) atoms. The van der Waals surface area contributed by atoms with Crippen LogP contribution in [-0.2, 0) is 14.3 Å². The summed E-state index contributed by atoms with van der Waals surface area (Å²) < 4.78 is 5.09. The van der Waals surface area contributed by atoms with Gasteiger partial charge in [-0.3, -0.25) is 9.59 Å². The lowest BCUT2D eigenvalue weighted by Crippen LogP contribution is -2.59. The third-order valence-corrected chi connectivity index (χ3v) is 3.88. The van der Waals surface area contributed by atoms with E-state index >= 15 is 0 Å². The van der Waals surface area contributed by atoms with E-state index in [0.717, 1.165) is 0 Å². The standard InChI is InChI=1S/C17H22N2O4/c1-3-15(20)18-10-11-19(14(12-18)17(22)23-4-2)16(21)13-8-6-5-7-9-13/h5-9,14H,3-4,10-12H2,1-2H3. The number of carbonyl (C=O) groups is 3. The molecule has 0 aliphatic carbocycles. The van der Waals surface area contributed by atoms with Crippen LogP contribution in [0.5, 0.6) is 0 Å². The van der Waals surface area contributed by atoms with Gasteiger partial charge in [-0.2, -0.15) is 0 Å². The second-order valence-electron chi connectivity index (χ2n) is 5.33. The molecule has 1 aliphatic rings. The zero-order valence-electron chi connectivity index (χ0n) is 13.5. The highest BCUT2D eigenvalue weighted by molar-refractivity contribution is 5.97. The van der Waals surface area contributed by atoms with Gasteiger partial charge >= 0.3 is 5.97 Å². The van der Waals surface area contributed by atoms with Crippen molar-refractivity contribution in [2.75, 3.05) is 26.2 Å². The van der Waals surface area contributed by atoms with Gasteiger partial charge in [0.05, 0.1) is 13.2 Å². The van der Waals surface area contributed by atoms with Crippen molar-refractivity contribution in [2.24, 2.45) is 0 Å². The first-order valence-electron chi connectivity index (χ1n) is 7.88. The summed E-state index contributed by atoms with van der Waals surface area (Å²) in [7, 11) is 0. The van der Waals surface area contributed by atoms with Crippen LogP contribution in [0, 0.1) is 0 Å². The Morgan fingerprint density at radius 2 is 1.83 bits per heavy atom. The number of nitrogens with zero attached hydrogens (tertiary/aromatic N) is 2. The number of carbonyl (C=O) groups excluding carboxylic acids is 3. The van der Waals surface area contributed by atoms with Gasteiger partial charge in [0.2, 0.25) is 5.91 Å². The number of hydrogen-bond acceptors (Lipinski definition) is 4. The summed E-state index contributed by atoms with van der Waals surface area (Å²) in [4.78, 5) is 40.0. The molecule has 0 aromatic heterocycles. The molecule has 1 aromatic rings. The van der Waals surface area contributed by atoms with E-state index in [9.17, 15) is 14.4 Å². The largest absolute Gasteiger partial charge is 0.464 e. The topological polar surface area (TPSA) is 66.9 Å². The number of benzene rings is 1. The lowest BCUT2D eigenvalue weighted by Gasteiger charge is -2.40. The van der Waals surface area contributed by atoms with Crippen LogP contribution in [0.2, 0.25) is 0 Å². The summed E-state index contributed by atoms with van der Waals surface area (Å²) >= 11 is 0. The van der Waals surface area contributed by atoms with Gasteiger partial charge in [0.15, 0.2) is 0 Å². The van der Waals surface area contributed by atoms with Crippen molar-refractivity contribution in [3.8, 4) is 0 Å². The maximum Gasteiger partial charge on any atom is 0.330 e. The Labute approximate surface area is 136 Å². The molecule has 1 aliphatic heterocycles. The Morgan fingerprint density at radius 3 is 2.43 bits per heavy atom. The molecule has 0 radical (unpaired) electrons. The average molecular weight is 318 g/mol. The summed E-state index contributed by atoms with van der Waals surface area (Å²) in [6.45, 7) is 4.68. The van der Waals surface area contributed by atoms with E-state index in [1.807, 2.05) is 6.07 Å². The van der Waals surface area contributed by atoms with Crippen LogP contribution in [0.4, 0.5) is 0 Å². The quantitative estimate of drug-likeness (QED) is 0.785. The summed E-state index contributed by atoms with van der Waals surface area (Å²) in [5.74, 6) is -0.705. The Bertz CT molecular complexity index is 573. The molecule has 6 heteroatoms. The van der Waals surface area contributed by atoms with Gasteiger partial charge in [0, 0.05) is 25.1 Å². The van der Waals surface area contributed by atoms with Gasteiger partial charge in [-0.15, -0.1) is 0 Å². The number of hydrogen-bond donors (Lipinski definition) is 0. The van der Waals surface area contributed by atoms with Gasteiger partial charge in [-0.25, -0.2) is 4.79 Å².